The fourth-order valence-electron chi connectivity index (χ4n) is 1.80. The van der Waals surface area contributed by atoms with E-state index < -0.39 is 0 Å². The van der Waals surface area contributed by atoms with Crippen molar-refractivity contribution in [3.8, 4) is 0 Å². The average Bonchev–Trinajstić information content (AvgIpc) is 2.76. The first-order valence-corrected chi connectivity index (χ1v) is 6.29. The van der Waals surface area contributed by atoms with Crippen molar-refractivity contribution in [2.24, 2.45) is 0 Å². The van der Waals surface area contributed by atoms with E-state index in [9.17, 15) is 9.59 Å². The zero-order valence-corrected chi connectivity index (χ0v) is 11.2. The van der Waals surface area contributed by atoms with Crippen LogP contribution >= 0.6 is 11.6 Å². The topological polar surface area (TPSA) is 47.3 Å². The molecule has 4 heteroatoms. The molecule has 0 bridgehead atoms. The molecule has 2 aromatic rings. The number of halogens is 1. The van der Waals surface area contributed by atoms with Crippen LogP contribution in [0.4, 0.5) is 0 Å². The van der Waals surface area contributed by atoms with E-state index in [1.807, 2.05) is 0 Å². The third-order valence-electron chi connectivity index (χ3n) is 2.65. The van der Waals surface area contributed by atoms with E-state index in [0.717, 1.165) is 0 Å². The fourth-order valence-corrected chi connectivity index (χ4v) is 2.04. The Morgan fingerprint density at radius 3 is 2.32 bits per heavy atom. The molecular formula is C15H13ClO3. The number of hydrogen-bond donors (Lipinski definition) is 0. The maximum atomic E-state index is 12.1. The number of rotatable bonds is 5. The largest absolute Gasteiger partial charge is 0.465 e. The van der Waals surface area contributed by atoms with Crippen molar-refractivity contribution in [3.63, 3.8) is 0 Å². The lowest BCUT2D eigenvalue weighted by molar-refractivity contribution is -0.116. The summed E-state index contributed by atoms with van der Waals surface area (Å²) in [4.78, 5) is 23.0. The predicted octanol–water partition coefficient (Wildman–Crippen LogP) is 3.49. The van der Waals surface area contributed by atoms with E-state index in [2.05, 4.69) is 0 Å². The monoisotopic (exact) mass is 276 g/mol. The van der Waals surface area contributed by atoms with E-state index in [1.165, 1.54) is 6.92 Å². The smallest absolute Gasteiger partial charge is 0.171 e. The molecule has 1 aromatic heterocycles. The van der Waals surface area contributed by atoms with Crippen molar-refractivity contribution in [2.75, 3.05) is 0 Å². The van der Waals surface area contributed by atoms with Crippen LogP contribution in [0.2, 0.25) is 5.02 Å². The third-order valence-corrected chi connectivity index (χ3v) is 2.98. The van der Waals surface area contributed by atoms with Crippen LogP contribution in [-0.2, 0) is 17.6 Å². The summed E-state index contributed by atoms with van der Waals surface area (Å²) < 4.78 is 5.44. The lowest BCUT2D eigenvalue weighted by atomic mass is 10.1. The van der Waals surface area contributed by atoms with Gasteiger partial charge in [-0.3, -0.25) is 9.59 Å². The molecule has 0 fully saturated rings. The Morgan fingerprint density at radius 1 is 1.05 bits per heavy atom. The number of benzene rings is 1. The molecule has 1 heterocycles. The molecule has 98 valence electrons. The Morgan fingerprint density at radius 2 is 1.68 bits per heavy atom. The molecule has 0 amide bonds. The van der Waals surface area contributed by atoms with Gasteiger partial charge in [-0.2, -0.15) is 0 Å². The van der Waals surface area contributed by atoms with Crippen molar-refractivity contribution in [1.82, 2.24) is 0 Å². The van der Waals surface area contributed by atoms with Crippen molar-refractivity contribution in [1.29, 1.82) is 0 Å². The standard InChI is InChI=1S/C15H13ClO3/c1-10(17)8-11-6-7-12(19-11)9-15(18)13-4-2-3-5-14(13)16/h2-7H,8-9H2,1H3. The molecule has 19 heavy (non-hydrogen) atoms. The van der Waals surface area contributed by atoms with Gasteiger partial charge in [0.15, 0.2) is 5.78 Å². The molecular weight excluding hydrogens is 264 g/mol. The lowest BCUT2D eigenvalue weighted by Gasteiger charge is -2.01. The van der Waals surface area contributed by atoms with Crippen LogP contribution in [0.5, 0.6) is 0 Å². The van der Waals surface area contributed by atoms with E-state index in [1.54, 1.807) is 36.4 Å². The minimum absolute atomic E-state index is 0.0262. The van der Waals surface area contributed by atoms with Crippen LogP contribution in [0, 0.1) is 0 Å². The summed E-state index contributed by atoms with van der Waals surface area (Å²) in [6.45, 7) is 1.50. The second-order valence-electron chi connectivity index (χ2n) is 4.33. The van der Waals surface area contributed by atoms with Crippen LogP contribution in [0.25, 0.3) is 0 Å². The average molecular weight is 277 g/mol. The molecule has 0 aliphatic rings. The highest BCUT2D eigenvalue weighted by molar-refractivity contribution is 6.34. The third kappa shape index (κ3) is 3.55. The molecule has 1 aromatic carbocycles. The minimum atomic E-state index is -0.102. The first kappa shape index (κ1) is 13.6. The van der Waals surface area contributed by atoms with Crippen LogP contribution < -0.4 is 0 Å². The van der Waals surface area contributed by atoms with Crippen molar-refractivity contribution < 1.29 is 14.0 Å². The van der Waals surface area contributed by atoms with E-state index in [-0.39, 0.29) is 24.4 Å². The van der Waals surface area contributed by atoms with E-state index in [0.29, 0.717) is 22.1 Å². The van der Waals surface area contributed by atoms with Crippen LogP contribution in [0.3, 0.4) is 0 Å². The molecule has 0 saturated heterocycles. The molecule has 0 spiro atoms. The minimum Gasteiger partial charge on any atom is -0.465 e. The summed E-state index contributed by atoms with van der Waals surface area (Å²) in [5.41, 5.74) is 0.480. The second kappa shape index (κ2) is 5.85. The zero-order valence-electron chi connectivity index (χ0n) is 10.5. The normalized spacial score (nSPS) is 10.4. The van der Waals surface area contributed by atoms with Gasteiger partial charge < -0.3 is 4.42 Å². The lowest BCUT2D eigenvalue weighted by Crippen LogP contribution is -2.03. The molecule has 2 rings (SSSR count). The molecule has 0 atom stereocenters. The second-order valence-corrected chi connectivity index (χ2v) is 4.73. The Labute approximate surface area is 116 Å². The van der Waals surface area contributed by atoms with Gasteiger partial charge in [0.2, 0.25) is 0 Å². The van der Waals surface area contributed by atoms with Crippen molar-refractivity contribution in [2.45, 2.75) is 19.8 Å². The molecule has 0 unspecified atom stereocenters. The summed E-state index contributed by atoms with van der Waals surface area (Å²) in [7, 11) is 0. The number of hydrogen-bond acceptors (Lipinski definition) is 3. The number of furan rings is 1. The highest BCUT2D eigenvalue weighted by atomic mass is 35.5. The zero-order chi connectivity index (χ0) is 13.8. The van der Waals surface area contributed by atoms with Crippen molar-refractivity contribution in [3.05, 3.63) is 58.5 Å². The first-order valence-electron chi connectivity index (χ1n) is 5.91. The molecule has 0 aliphatic carbocycles. The quantitative estimate of drug-likeness (QED) is 0.786. The van der Waals surface area contributed by atoms with E-state index >= 15 is 0 Å². The van der Waals surface area contributed by atoms with Gasteiger partial charge in [-0.15, -0.1) is 0 Å². The van der Waals surface area contributed by atoms with E-state index in [4.69, 9.17) is 16.0 Å². The van der Waals surface area contributed by atoms with Gasteiger partial charge in [-0.25, -0.2) is 0 Å². The van der Waals surface area contributed by atoms with Gasteiger partial charge in [-0.1, -0.05) is 23.7 Å². The predicted molar refractivity (Wildman–Crippen MR) is 72.6 cm³/mol. The molecule has 0 aliphatic heterocycles. The SMILES string of the molecule is CC(=O)Cc1ccc(CC(=O)c2ccccc2Cl)o1. The van der Waals surface area contributed by atoms with Gasteiger partial charge in [0.05, 0.1) is 17.9 Å². The number of ketones is 2. The summed E-state index contributed by atoms with van der Waals surface area (Å²) in [5.74, 6) is 1.04. The number of Topliss-reactive ketones (excluding diaryl/α,β-unsaturated/α-hetero) is 2. The molecule has 0 saturated carbocycles. The first-order chi connectivity index (χ1) is 9.06. The Balaban J connectivity index is 2.09. The Bertz CT molecular complexity index is 613. The molecule has 3 nitrogen and oxygen atoms in total. The van der Waals surface area contributed by atoms with Gasteiger partial charge in [0.25, 0.3) is 0 Å². The fraction of sp³-hybridized carbons (Fsp3) is 0.200. The summed E-state index contributed by atoms with van der Waals surface area (Å²) >= 11 is 5.96. The highest BCUT2D eigenvalue weighted by Crippen LogP contribution is 2.18. The van der Waals surface area contributed by atoms with Crippen LogP contribution in [0.15, 0.2) is 40.8 Å². The molecule has 0 N–H and O–H groups in total. The van der Waals surface area contributed by atoms with Gasteiger partial charge in [0, 0.05) is 5.56 Å². The van der Waals surface area contributed by atoms with Gasteiger partial charge in [-0.05, 0) is 31.2 Å². The number of carbonyl (C=O) groups excluding carboxylic acids is 2. The van der Waals surface area contributed by atoms with Gasteiger partial charge in [0.1, 0.15) is 17.3 Å². The van der Waals surface area contributed by atoms with Crippen LogP contribution in [0.1, 0.15) is 28.8 Å². The van der Waals surface area contributed by atoms with Gasteiger partial charge >= 0.3 is 0 Å². The summed E-state index contributed by atoms with van der Waals surface area (Å²) in [6.07, 6.45) is 0.391. The summed E-state index contributed by atoms with van der Waals surface area (Å²) in [6, 6.07) is 10.3. The maximum absolute atomic E-state index is 12.1. The highest BCUT2D eigenvalue weighted by Gasteiger charge is 2.13. The summed E-state index contributed by atoms with van der Waals surface area (Å²) in [5, 5.41) is 0.433. The Kier molecular flexibility index (Phi) is 4.17. The number of carbonyl (C=O) groups is 2. The van der Waals surface area contributed by atoms with Crippen LogP contribution in [-0.4, -0.2) is 11.6 Å². The Hall–Kier alpha value is -1.87. The van der Waals surface area contributed by atoms with Crippen molar-refractivity contribution >= 4 is 23.2 Å². The maximum Gasteiger partial charge on any atom is 0.171 e. The molecule has 0 radical (unpaired) electrons.